The van der Waals surface area contributed by atoms with E-state index >= 15 is 0 Å². The Kier molecular flexibility index (Phi) is 1.77. The Morgan fingerprint density at radius 1 is 1.46 bits per heavy atom. The number of hydrogen-bond donors (Lipinski definition) is 2. The Balaban J connectivity index is 2.44. The molecule has 5 heteroatoms. The van der Waals surface area contributed by atoms with Crippen LogP contribution in [0.5, 0.6) is 0 Å². The predicted octanol–water partition coefficient (Wildman–Crippen LogP) is 1.26. The average Bonchev–Trinajstić information content (AvgIpc) is 2.44. The topological polar surface area (TPSA) is 57.8 Å². The third-order valence-corrected chi connectivity index (χ3v) is 1.63. The molecule has 0 fully saturated rings. The van der Waals surface area contributed by atoms with Crippen molar-refractivity contribution in [3.63, 3.8) is 0 Å². The average molecular weight is 171 g/mol. The maximum atomic E-state index is 10.5. The first-order valence-corrected chi connectivity index (χ1v) is 3.77. The fraction of sp³-hybridized carbons (Fsp3) is 0. The zero-order chi connectivity index (χ0) is 9.26. The molecule has 13 heavy (non-hydrogen) atoms. The van der Waals surface area contributed by atoms with E-state index in [9.17, 15) is 4.79 Å². The summed E-state index contributed by atoms with van der Waals surface area (Å²) in [5.41, 5.74) is 1.66. The molecule has 0 saturated heterocycles. The van der Waals surface area contributed by atoms with Crippen molar-refractivity contribution in [2.24, 2.45) is 0 Å². The van der Waals surface area contributed by atoms with Gasteiger partial charge in [-0.1, -0.05) is 12.1 Å². The fourth-order valence-electron chi connectivity index (χ4n) is 1.13. The van der Waals surface area contributed by atoms with E-state index in [0.29, 0.717) is 5.95 Å². The van der Waals surface area contributed by atoms with E-state index in [1.165, 1.54) is 0 Å². The third kappa shape index (κ3) is 1.54. The second-order valence-electron chi connectivity index (χ2n) is 2.59. The third-order valence-electron chi connectivity index (χ3n) is 1.63. The van der Waals surface area contributed by atoms with Crippen LogP contribution in [0.1, 0.15) is 0 Å². The number of aromatic amines is 1. The van der Waals surface area contributed by atoms with Crippen molar-refractivity contribution in [2.45, 2.75) is 0 Å². The van der Waals surface area contributed by atoms with Crippen molar-refractivity contribution in [3.8, 4) is 0 Å². The van der Waals surface area contributed by atoms with Gasteiger partial charge in [-0.15, -0.1) is 0 Å². The Morgan fingerprint density at radius 3 is 2.92 bits per heavy atom. The van der Waals surface area contributed by atoms with E-state index in [-0.39, 0.29) is 0 Å². The van der Waals surface area contributed by atoms with Crippen molar-refractivity contribution in [1.29, 1.82) is 0 Å². The first kappa shape index (κ1) is 7.85. The molecule has 0 aliphatic heterocycles. The largest absolute Gasteiger partial charge is 0.324 e. The van der Waals surface area contributed by atoms with Crippen molar-refractivity contribution >= 4 is 30.6 Å². The van der Waals surface area contributed by atoms with E-state index in [4.69, 9.17) is 7.85 Å². The number of imidazole rings is 1. The first-order chi connectivity index (χ1) is 6.25. The van der Waals surface area contributed by atoms with E-state index < -0.39 is 5.81 Å². The summed E-state index contributed by atoms with van der Waals surface area (Å²) >= 11 is 0. The number of para-hydroxylation sites is 2. The number of nitrogens with one attached hydrogen (secondary N) is 2. The van der Waals surface area contributed by atoms with E-state index in [1.54, 1.807) is 0 Å². The smallest absolute Gasteiger partial charge is 0.207 e. The maximum Gasteiger partial charge on any atom is 0.207 e. The molecule has 4 nitrogen and oxygen atoms in total. The highest BCUT2D eigenvalue weighted by atomic mass is 16.1. The van der Waals surface area contributed by atoms with Crippen LogP contribution in [0.25, 0.3) is 11.0 Å². The molecule has 0 spiro atoms. The van der Waals surface area contributed by atoms with Crippen molar-refractivity contribution in [1.82, 2.24) is 9.97 Å². The van der Waals surface area contributed by atoms with Gasteiger partial charge >= 0.3 is 0 Å². The van der Waals surface area contributed by atoms with Crippen LogP contribution in [0, 0.1) is 0 Å². The number of carbonyl (C=O) groups excluding carboxylic acids is 1. The van der Waals surface area contributed by atoms with Gasteiger partial charge in [0.25, 0.3) is 0 Å². The zero-order valence-electron chi connectivity index (χ0n) is 6.74. The highest BCUT2D eigenvalue weighted by Gasteiger charge is 2.01. The van der Waals surface area contributed by atoms with Crippen LogP contribution in [0.4, 0.5) is 10.7 Å². The van der Waals surface area contributed by atoms with Gasteiger partial charge in [0, 0.05) is 0 Å². The molecule has 2 N–H and O–H groups in total. The Bertz CT molecular complexity index is 418. The molecule has 0 saturated carbocycles. The van der Waals surface area contributed by atoms with Crippen LogP contribution in [0.3, 0.4) is 0 Å². The highest BCUT2D eigenvalue weighted by Crippen LogP contribution is 2.12. The molecule has 1 aromatic heterocycles. The lowest BCUT2D eigenvalue weighted by atomic mass is 10.1. The lowest BCUT2D eigenvalue weighted by Crippen LogP contribution is -2.09. The molecule has 2 aromatic rings. The first-order valence-electron chi connectivity index (χ1n) is 3.77. The summed E-state index contributed by atoms with van der Waals surface area (Å²) in [6.45, 7) is 0. The quantitative estimate of drug-likeness (QED) is 0.634. The molecule has 1 aromatic carbocycles. The van der Waals surface area contributed by atoms with Gasteiger partial charge in [0.15, 0.2) is 5.81 Å². The minimum absolute atomic E-state index is 0.369. The summed E-state index contributed by atoms with van der Waals surface area (Å²) in [6, 6.07) is 7.47. The molecular weight excluding hydrogens is 165 g/mol. The Morgan fingerprint density at radius 2 is 2.23 bits per heavy atom. The summed E-state index contributed by atoms with van der Waals surface area (Å²) in [5, 5.41) is 2.37. The molecular formula is C8H6BN3O. The van der Waals surface area contributed by atoms with Crippen LogP contribution >= 0.6 is 0 Å². The van der Waals surface area contributed by atoms with Gasteiger partial charge in [-0.25, -0.2) is 4.98 Å². The second-order valence-corrected chi connectivity index (χ2v) is 2.59. The summed E-state index contributed by atoms with van der Waals surface area (Å²) in [5.74, 6) is -0.257. The monoisotopic (exact) mass is 171 g/mol. The van der Waals surface area contributed by atoms with Crippen LogP contribution in [0.2, 0.25) is 0 Å². The number of aromatic nitrogens is 2. The van der Waals surface area contributed by atoms with E-state index in [1.807, 2.05) is 24.3 Å². The molecule has 0 aliphatic carbocycles. The number of benzene rings is 1. The fourth-order valence-corrected chi connectivity index (χ4v) is 1.13. The van der Waals surface area contributed by atoms with Crippen molar-refractivity contribution in [2.75, 3.05) is 5.32 Å². The Labute approximate surface area is 75.8 Å². The van der Waals surface area contributed by atoms with Gasteiger partial charge in [-0.3, -0.25) is 4.79 Å². The molecule has 1 amide bonds. The number of anilines is 1. The number of rotatable bonds is 1. The van der Waals surface area contributed by atoms with Crippen LogP contribution in [-0.2, 0) is 0 Å². The molecule has 0 unspecified atom stereocenters. The Hall–Kier alpha value is -1.78. The summed E-state index contributed by atoms with van der Waals surface area (Å²) in [7, 11) is 4.94. The summed E-state index contributed by atoms with van der Waals surface area (Å²) in [6.07, 6.45) is 0. The van der Waals surface area contributed by atoms with Gasteiger partial charge in [-0.05, 0) is 12.1 Å². The number of hydrogen-bond acceptors (Lipinski definition) is 2. The van der Waals surface area contributed by atoms with Crippen LogP contribution in [0.15, 0.2) is 24.3 Å². The molecule has 62 valence electrons. The SMILES string of the molecule is [B]C(=O)Nc1nc2ccccc2[nH]1. The standard InChI is InChI=1S/C8H6BN3O/c9-7(13)12-8-10-5-3-1-2-4-6(5)11-8/h1-4H,(H2,10,11,12,13). The van der Waals surface area contributed by atoms with Crippen molar-refractivity contribution < 1.29 is 4.79 Å². The summed E-state index contributed by atoms with van der Waals surface area (Å²) < 4.78 is 0. The molecule has 2 rings (SSSR count). The number of nitrogens with zero attached hydrogens (tertiary/aromatic N) is 1. The number of fused-ring (bicyclic) bond motifs is 1. The molecule has 1 heterocycles. The predicted molar refractivity (Wildman–Crippen MR) is 50.9 cm³/mol. The number of carbonyl (C=O) groups is 1. The molecule has 0 atom stereocenters. The normalized spacial score (nSPS) is 10.2. The van der Waals surface area contributed by atoms with E-state index in [0.717, 1.165) is 11.0 Å². The number of amides is 1. The van der Waals surface area contributed by atoms with Gasteiger partial charge in [-0.2, -0.15) is 0 Å². The van der Waals surface area contributed by atoms with Gasteiger partial charge in [0.2, 0.25) is 13.8 Å². The van der Waals surface area contributed by atoms with Crippen LogP contribution < -0.4 is 5.32 Å². The molecule has 2 radical (unpaired) electrons. The van der Waals surface area contributed by atoms with Gasteiger partial charge < -0.3 is 10.3 Å². The lowest BCUT2D eigenvalue weighted by Gasteiger charge is -1.93. The van der Waals surface area contributed by atoms with Gasteiger partial charge in [0.1, 0.15) is 0 Å². The van der Waals surface area contributed by atoms with Gasteiger partial charge in [0.05, 0.1) is 11.0 Å². The number of H-pyrrole nitrogens is 1. The zero-order valence-corrected chi connectivity index (χ0v) is 6.74. The molecule has 0 bridgehead atoms. The lowest BCUT2D eigenvalue weighted by molar-refractivity contribution is 0.268. The minimum atomic E-state index is -0.626. The van der Waals surface area contributed by atoms with E-state index in [2.05, 4.69) is 15.3 Å². The summed E-state index contributed by atoms with van der Waals surface area (Å²) in [4.78, 5) is 17.5. The second kappa shape index (κ2) is 2.93. The maximum absolute atomic E-state index is 10.5. The highest BCUT2D eigenvalue weighted by molar-refractivity contribution is 6.60. The minimum Gasteiger partial charge on any atom is -0.324 e. The van der Waals surface area contributed by atoms with Crippen LogP contribution in [-0.4, -0.2) is 23.6 Å². The molecule has 0 aliphatic rings. The van der Waals surface area contributed by atoms with Crippen molar-refractivity contribution in [3.05, 3.63) is 24.3 Å².